The maximum atomic E-state index is 6.76. The molecule has 6 N–H and O–H groups in total. The molecule has 0 spiro atoms. The van der Waals surface area contributed by atoms with E-state index in [-0.39, 0.29) is 5.84 Å². The molecule has 0 saturated carbocycles. The van der Waals surface area contributed by atoms with E-state index in [1.165, 1.54) is 96.3 Å². The zero-order valence-corrected chi connectivity index (χ0v) is 27.1. The molecule has 0 aliphatic rings. The Kier molecular flexibility index (Phi) is 53.8. The molecule has 6 nitrogen and oxygen atoms in total. The second-order valence-electron chi connectivity index (χ2n) is 8.71. The normalized spacial score (nSPS) is 10.2. The van der Waals surface area contributed by atoms with Crippen molar-refractivity contribution >= 4 is 17.5 Å². The molecular formula is C31H70N6. The minimum atomic E-state index is 0.250. The van der Waals surface area contributed by atoms with Crippen LogP contribution in [0.4, 0.5) is 0 Å². The van der Waals surface area contributed by atoms with Crippen LogP contribution in [0.15, 0.2) is 22.4 Å². The lowest BCUT2D eigenvalue weighted by Crippen LogP contribution is -2.15. The summed E-state index contributed by atoms with van der Waals surface area (Å²) >= 11 is 0. The second kappa shape index (κ2) is 44.2. The Morgan fingerprint density at radius 2 is 0.892 bits per heavy atom. The molecule has 0 amide bonds. The Morgan fingerprint density at radius 3 is 1.14 bits per heavy atom. The maximum absolute atomic E-state index is 6.76. The topological polar surface area (TPSA) is 113 Å². The third kappa shape index (κ3) is 65.9. The van der Waals surface area contributed by atoms with Crippen LogP contribution in [-0.4, -0.2) is 24.1 Å². The fourth-order valence-corrected chi connectivity index (χ4v) is 3.04. The van der Waals surface area contributed by atoms with Crippen LogP contribution in [0.25, 0.3) is 0 Å². The van der Waals surface area contributed by atoms with Crippen molar-refractivity contribution in [2.24, 2.45) is 21.5 Å². The molecule has 0 saturated heterocycles. The largest absolute Gasteiger partial charge is 0.387 e. The molecule has 0 aromatic carbocycles. The molecule has 0 unspecified atom stereocenters. The van der Waals surface area contributed by atoms with Gasteiger partial charge >= 0.3 is 0 Å². The van der Waals surface area contributed by atoms with E-state index in [1.54, 1.807) is 20.8 Å². The maximum Gasteiger partial charge on any atom is 0.120 e. The lowest BCUT2D eigenvalue weighted by atomic mass is 10.1. The number of nitrogens with zero attached hydrogens (tertiary/aromatic N) is 2. The van der Waals surface area contributed by atoms with Crippen molar-refractivity contribution in [3.63, 3.8) is 0 Å². The van der Waals surface area contributed by atoms with Gasteiger partial charge in [0.1, 0.15) is 11.7 Å². The Labute approximate surface area is 234 Å². The van der Waals surface area contributed by atoms with Gasteiger partial charge in [0, 0.05) is 6.54 Å². The Balaban J connectivity index is -0.000000135. The van der Waals surface area contributed by atoms with E-state index in [2.05, 4.69) is 42.7 Å². The Hall–Kier alpha value is -1.85. The number of hydrogen-bond acceptors (Lipinski definition) is 3. The molecular weight excluding hydrogens is 456 g/mol. The molecule has 0 aromatic rings. The van der Waals surface area contributed by atoms with Crippen molar-refractivity contribution in [3.05, 3.63) is 12.4 Å². The number of unbranched alkanes of at least 4 members (excludes halogenated alkanes) is 13. The minimum absolute atomic E-state index is 0.250. The third-order valence-corrected chi connectivity index (χ3v) is 4.72. The van der Waals surface area contributed by atoms with Crippen LogP contribution in [0.2, 0.25) is 0 Å². The summed E-state index contributed by atoms with van der Waals surface area (Å²) in [4.78, 5) is 7.56. The molecule has 0 bridgehead atoms. The van der Waals surface area contributed by atoms with Gasteiger partial charge in [-0.2, -0.15) is 0 Å². The summed E-state index contributed by atoms with van der Waals surface area (Å²) in [6.45, 7) is 24.5. The van der Waals surface area contributed by atoms with Gasteiger partial charge in [0.05, 0.1) is 11.7 Å². The molecule has 0 atom stereocenters. The van der Waals surface area contributed by atoms with E-state index in [1.807, 2.05) is 27.7 Å². The number of aliphatic imine (C=N–C) groups is 2. The van der Waals surface area contributed by atoms with E-state index in [0.29, 0.717) is 17.5 Å². The molecule has 0 rings (SSSR count). The van der Waals surface area contributed by atoms with Crippen LogP contribution >= 0.6 is 0 Å². The first kappa shape index (κ1) is 45.1. The second-order valence-corrected chi connectivity index (χ2v) is 8.71. The van der Waals surface area contributed by atoms with E-state index < -0.39 is 0 Å². The Morgan fingerprint density at radius 1 is 0.595 bits per heavy atom. The summed E-state index contributed by atoms with van der Waals surface area (Å²) < 4.78 is 0. The highest BCUT2D eigenvalue weighted by Gasteiger charge is 1.92. The molecule has 224 valence electrons. The lowest BCUT2D eigenvalue weighted by Gasteiger charge is -2.05. The van der Waals surface area contributed by atoms with Crippen molar-refractivity contribution in [3.8, 4) is 0 Å². The highest BCUT2D eigenvalue weighted by atomic mass is 15.0. The van der Waals surface area contributed by atoms with E-state index in [9.17, 15) is 0 Å². The average molecular weight is 527 g/mol. The fraction of sp³-hybridized carbons (Fsp3) is 0.839. The van der Waals surface area contributed by atoms with Gasteiger partial charge in [-0.05, 0) is 27.2 Å². The molecule has 0 radical (unpaired) electrons. The van der Waals surface area contributed by atoms with E-state index in [0.717, 1.165) is 6.54 Å². The van der Waals surface area contributed by atoms with Crippen LogP contribution in [0.1, 0.15) is 166 Å². The number of rotatable bonds is 17. The van der Waals surface area contributed by atoms with Crippen LogP contribution in [0.3, 0.4) is 0 Å². The van der Waals surface area contributed by atoms with Gasteiger partial charge in [0.2, 0.25) is 0 Å². The van der Waals surface area contributed by atoms with E-state index in [4.69, 9.17) is 16.9 Å². The smallest absolute Gasteiger partial charge is 0.120 e. The fourth-order valence-electron chi connectivity index (χ4n) is 3.04. The van der Waals surface area contributed by atoms with Crippen LogP contribution in [0, 0.1) is 5.41 Å². The predicted octanol–water partition coefficient (Wildman–Crippen LogP) is 9.73. The van der Waals surface area contributed by atoms with Crippen molar-refractivity contribution in [1.82, 2.24) is 5.32 Å². The van der Waals surface area contributed by atoms with Crippen molar-refractivity contribution < 1.29 is 0 Å². The summed E-state index contributed by atoms with van der Waals surface area (Å²) in [6, 6.07) is 0. The van der Waals surface area contributed by atoms with Gasteiger partial charge in [-0.1, -0.05) is 145 Å². The molecule has 6 heteroatoms. The third-order valence-electron chi connectivity index (χ3n) is 4.72. The van der Waals surface area contributed by atoms with Crippen LogP contribution < -0.4 is 16.8 Å². The van der Waals surface area contributed by atoms with Crippen LogP contribution in [0.5, 0.6) is 0 Å². The van der Waals surface area contributed by atoms with Gasteiger partial charge in [0.15, 0.2) is 0 Å². The van der Waals surface area contributed by atoms with Gasteiger partial charge in [-0.3, -0.25) is 5.41 Å². The van der Waals surface area contributed by atoms with Gasteiger partial charge in [-0.25, -0.2) is 9.98 Å². The predicted molar refractivity (Wildman–Crippen MR) is 174 cm³/mol. The number of amidine groups is 3. The van der Waals surface area contributed by atoms with Gasteiger partial charge in [0.25, 0.3) is 0 Å². The lowest BCUT2D eigenvalue weighted by molar-refractivity contribution is 0.562. The first-order valence-electron chi connectivity index (χ1n) is 15.3. The molecule has 0 aromatic heterocycles. The monoisotopic (exact) mass is 527 g/mol. The number of hydrogen-bond donors (Lipinski definition) is 4. The van der Waals surface area contributed by atoms with E-state index >= 15 is 0 Å². The quantitative estimate of drug-likeness (QED) is 0.0858. The first-order valence-corrected chi connectivity index (χ1v) is 15.3. The van der Waals surface area contributed by atoms with Crippen molar-refractivity contribution in [2.75, 3.05) is 6.54 Å². The van der Waals surface area contributed by atoms with Crippen molar-refractivity contribution in [1.29, 1.82) is 5.41 Å². The summed E-state index contributed by atoms with van der Waals surface area (Å²) in [7, 11) is 0. The summed E-state index contributed by atoms with van der Waals surface area (Å²) in [5.74, 6) is 1.90. The van der Waals surface area contributed by atoms with Crippen LogP contribution in [-0.2, 0) is 0 Å². The molecule has 0 heterocycles. The zero-order chi connectivity index (χ0) is 29.7. The number of nitrogens with one attached hydrogen (secondary N) is 2. The standard InChI is InChI=1S/C12H26.C11H23N3.C4H9N3.2C2H6/c1-3-5-7-9-11-12-10-8-6-4-2;1-4-5-6-7-8-9-13-11(3)14-10(2)12;1-3(5)7-4(2)6;2*1-2/h3-12H2,1-2H3;13H,3-9H2,1-2H3,(H2,12,14);1-2H3,(H3,5,6,7);2*1-2H3. The highest BCUT2D eigenvalue weighted by Crippen LogP contribution is 2.10. The van der Waals surface area contributed by atoms with Crippen molar-refractivity contribution in [2.45, 2.75) is 166 Å². The Bertz CT molecular complexity index is 480. The molecule has 0 aliphatic heterocycles. The number of nitrogens with two attached hydrogens (primary N) is 2. The zero-order valence-electron chi connectivity index (χ0n) is 27.1. The van der Waals surface area contributed by atoms with Gasteiger partial charge in [-0.15, -0.1) is 0 Å². The summed E-state index contributed by atoms with van der Waals surface area (Å²) in [5, 5.41) is 9.89. The highest BCUT2D eigenvalue weighted by molar-refractivity contribution is 5.92. The summed E-state index contributed by atoms with van der Waals surface area (Å²) in [5.41, 5.74) is 10.5. The minimum Gasteiger partial charge on any atom is -0.387 e. The molecule has 37 heavy (non-hydrogen) atoms. The average Bonchev–Trinajstić information content (AvgIpc) is 2.85. The van der Waals surface area contributed by atoms with Gasteiger partial charge < -0.3 is 16.8 Å². The molecule has 0 aliphatic carbocycles. The SMILES string of the molecule is C=C(/N=C(/C)N)NCCCCCCC.CC.CC.CC(=N)N=C(C)N.CCCCCCCCCCCC. The molecule has 0 fully saturated rings. The summed E-state index contributed by atoms with van der Waals surface area (Å²) in [6.07, 6.45) is 20.8. The first-order chi connectivity index (χ1) is 17.7.